The Balaban J connectivity index is 1.86. The molecule has 0 N–H and O–H groups in total. The molecule has 3 aromatic carbocycles. The summed E-state index contributed by atoms with van der Waals surface area (Å²) < 4.78 is 10.9. The van der Waals surface area contributed by atoms with Crippen LogP contribution in [0.5, 0.6) is 0 Å². The fourth-order valence-corrected chi connectivity index (χ4v) is 4.66. The van der Waals surface area contributed by atoms with E-state index >= 15 is 0 Å². The number of hydrogen-bond acceptors (Lipinski definition) is 2. The minimum absolute atomic E-state index is 0.108. The van der Waals surface area contributed by atoms with Gasteiger partial charge in [-0.05, 0) is 53.8 Å². The molecule has 2 heterocycles. The fourth-order valence-electron chi connectivity index (χ4n) is 4.66. The largest absolute Gasteiger partial charge is 0.440 e. The SMILES string of the molecule is Cc1ccc2oc(C(C)(C)C)nc2c1-c1n(-c2ccc(C(C)(C)C)cc2)c2ccccc2[n+]1C. The van der Waals surface area contributed by atoms with Crippen LogP contribution in [0.3, 0.4) is 0 Å². The Morgan fingerprint density at radius 1 is 0.824 bits per heavy atom. The number of fused-ring (bicyclic) bond motifs is 2. The molecule has 174 valence electrons. The zero-order chi connectivity index (χ0) is 24.4. The topological polar surface area (TPSA) is 34.8 Å². The van der Waals surface area contributed by atoms with Gasteiger partial charge >= 0.3 is 0 Å². The summed E-state index contributed by atoms with van der Waals surface area (Å²) in [5.41, 5.74) is 8.76. The molecule has 0 aliphatic heterocycles. The Labute approximate surface area is 201 Å². The van der Waals surface area contributed by atoms with E-state index in [0.717, 1.165) is 34.1 Å². The molecule has 5 rings (SSSR count). The highest BCUT2D eigenvalue weighted by Gasteiger charge is 2.31. The van der Waals surface area contributed by atoms with Gasteiger partial charge < -0.3 is 4.42 Å². The molecule has 0 saturated heterocycles. The summed E-state index contributed by atoms with van der Waals surface area (Å²) in [4.78, 5) is 5.02. The Bertz CT molecular complexity index is 1520. The lowest BCUT2D eigenvalue weighted by atomic mass is 9.87. The number of oxazole rings is 1. The van der Waals surface area contributed by atoms with Crippen LogP contribution in [-0.2, 0) is 17.9 Å². The van der Waals surface area contributed by atoms with Crippen molar-refractivity contribution in [3.63, 3.8) is 0 Å². The van der Waals surface area contributed by atoms with Gasteiger partial charge in [-0.2, -0.15) is 4.57 Å². The third-order valence-electron chi connectivity index (χ3n) is 6.64. The Hall–Kier alpha value is -3.40. The molecule has 0 saturated carbocycles. The van der Waals surface area contributed by atoms with Gasteiger partial charge in [0.2, 0.25) is 5.89 Å². The number of benzene rings is 3. The second kappa shape index (κ2) is 7.56. The van der Waals surface area contributed by atoms with Gasteiger partial charge in [0.05, 0.1) is 12.6 Å². The van der Waals surface area contributed by atoms with Crippen molar-refractivity contribution in [3.8, 4) is 17.1 Å². The van der Waals surface area contributed by atoms with Crippen molar-refractivity contribution in [2.45, 2.75) is 59.3 Å². The van der Waals surface area contributed by atoms with Gasteiger partial charge in [0.25, 0.3) is 5.82 Å². The second-order valence-corrected chi connectivity index (χ2v) is 11.4. The molecule has 0 bridgehead atoms. The second-order valence-electron chi connectivity index (χ2n) is 11.4. The van der Waals surface area contributed by atoms with E-state index < -0.39 is 0 Å². The highest BCUT2D eigenvalue weighted by molar-refractivity contribution is 5.92. The molecular weight excluding hydrogens is 418 g/mol. The van der Waals surface area contributed by atoms with Gasteiger partial charge in [0.1, 0.15) is 11.2 Å². The van der Waals surface area contributed by atoms with Gasteiger partial charge in [0, 0.05) is 5.41 Å². The maximum atomic E-state index is 6.23. The summed E-state index contributed by atoms with van der Waals surface area (Å²) >= 11 is 0. The smallest absolute Gasteiger partial charge is 0.297 e. The Morgan fingerprint density at radius 3 is 2.15 bits per heavy atom. The first-order valence-corrected chi connectivity index (χ1v) is 12.0. The molecule has 5 aromatic rings. The number of hydrogen-bond donors (Lipinski definition) is 0. The van der Waals surface area contributed by atoms with Crippen LogP contribution in [0.4, 0.5) is 0 Å². The van der Waals surface area contributed by atoms with Gasteiger partial charge in [-0.25, -0.2) is 9.55 Å². The maximum Gasteiger partial charge on any atom is 0.297 e. The van der Waals surface area contributed by atoms with Crippen molar-refractivity contribution in [3.05, 3.63) is 77.7 Å². The molecule has 0 aliphatic carbocycles. The van der Waals surface area contributed by atoms with E-state index in [4.69, 9.17) is 9.40 Å². The molecular formula is C30H34N3O+. The zero-order valence-electron chi connectivity index (χ0n) is 21.5. The summed E-state index contributed by atoms with van der Waals surface area (Å²) in [6.07, 6.45) is 0. The van der Waals surface area contributed by atoms with Crippen molar-refractivity contribution in [1.29, 1.82) is 0 Å². The van der Waals surface area contributed by atoms with E-state index in [1.54, 1.807) is 0 Å². The third kappa shape index (κ3) is 3.53. The van der Waals surface area contributed by atoms with E-state index in [1.165, 1.54) is 22.2 Å². The van der Waals surface area contributed by atoms with Gasteiger partial charge in [-0.1, -0.05) is 71.9 Å². The summed E-state index contributed by atoms with van der Waals surface area (Å²) in [6, 6.07) is 21.7. The predicted octanol–water partition coefficient (Wildman–Crippen LogP) is 7.17. The molecule has 0 spiro atoms. The third-order valence-corrected chi connectivity index (χ3v) is 6.64. The van der Waals surface area contributed by atoms with Crippen LogP contribution >= 0.6 is 0 Å². The lowest BCUT2D eigenvalue weighted by molar-refractivity contribution is -0.633. The highest BCUT2D eigenvalue weighted by Crippen LogP contribution is 2.36. The molecule has 4 heteroatoms. The minimum Gasteiger partial charge on any atom is -0.440 e. The van der Waals surface area contributed by atoms with E-state index in [1.807, 2.05) is 6.07 Å². The van der Waals surface area contributed by atoms with Crippen molar-refractivity contribution < 1.29 is 8.98 Å². The molecule has 0 fully saturated rings. The van der Waals surface area contributed by atoms with Crippen molar-refractivity contribution in [2.75, 3.05) is 0 Å². The quantitative estimate of drug-likeness (QED) is 0.266. The normalized spacial score (nSPS) is 12.7. The van der Waals surface area contributed by atoms with Crippen LogP contribution in [0.1, 0.15) is 58.6 Å². The number of nitrogens with zero attached hydrogens (tertiary/aromatic N) is 3. The average Bonchev–Trinajstić information content (AvgIpc) is 3.33. The minimum atomic E-state index is -0.165. The van der Waals surface area contributed by atoms with Crippen LogP contribution in [0, 0.1) is 6.92 Å². The molecule has 0 unspecified atom stereocenters. The van der Waals surface area contributed by atoms with Gasteiger partial charge in [-0.3, -0.25) is 0 Å². The molecule has 0 radical (unpaired) electrons. The first-order valence-electron chi connectivity index (χ1n) is 12.0. The first-order chi connectivity index (χ1) is 16.0. The van der Waals surface area contributed by atoms with Crippen molar-refractivity contribution in [2.24, 2.45) is 7.05 Å². The monoisotopic (exact) mass is 452 g/mol. The number of aryl methyl sites for hydroxylation is 2. The number of imidazole rings is 1. The lowest BCUT2D eigenvalue weighted by Gasteiger charge is -2.18. The van der Waals surface area contributed by atoms with Gasteiger partial charge in [0.15, 0.2) is 16.6 Å². The van der Waals surface area contributed by atoms with Crippen molar-refractivity contribution in [1.82, 2.24) is 9.55 Å². The van der Waals surface area contributed by atoms with Crippen LogP contribution < -0.4 is 4.57 Å². The van der Waals surface area contributed by atoms with Gasteiger partial charge in [-0.15, -0.1) is 0 Å². The number of para-hydroxylation sites is 2. The molecule has 0 atom stereocenters. The van der Waals surface area contributed by atoms with E-state index in [0.29, 0.717) is 0 Å². The summed E-state index contributed by atoms with van der Waals surface area (Å²) in [6.45, 7) is 15.3. The van der Waals surface area contributed by atoms with E-state index in [9.17, 15) is 0 Å². The summed E-state index contributed by atoms with van der Waals surface area (Å²) in [5.74, 6) is 1.86. The highest BCUT2D eigenvalue weighted by atomic mass is 16.3. The van der Waals surface area contributed by atoms with Crippen LogP contribution in [0.15, 0.2) is 65.1 Å². The van der Waals surface area contributed by atoms with E-state index in [-0.39, 0.29) is 10.8 Å². The standard InChI is InChI=1S/C30H34N3O/c1-19-13-18-24-26(31-28(34-24)30(5,6)7)25(19)27-32(8)22-11-9-10-12-23(22)33(27)21-16-14-20(15-17-21)29(2,3)4/h9-18H,1-8H3/q+1. The zero-order valence-corrected chi connectivity index (χ0v) is 21.5. The fraction of sp³-hybridized carbons (Fsp3) is 0.333. The molecule has 0 amide bonds. The Morgan fingerprint density at radius 2 is 1.50 bits per heavy atom. The lowest BCUT2D eigenvalue weighted by Crippen LogP contribution is -2.30. The summed E-state index contributed by atoms with van der Waals surface area (Å²) in [5, 5.41) is 0. The van der Waals surface area contributed by atoms with Crippen LogP contribution in [-0.4, -0.2) is 9.55 Å². The number of rotatable bonds is 2. The molecule has 2 aromatic heterocycles. The van der Waals surface area contributed by atoms with Crippen LogP contribution in [0.25, 0.3) is 39.2 Å². The molecule has 0 aliphatic rings. The predicted molar refractivity (Wildman–Crippen MR) is 140 cm³/mol. The number of aromatic nitrogens is 3. The molecule has 34 heavy (non-hydrogen) atoms. The van der Waals surface area contributed by atoms with Crippen molar-refractivity contribution >= 4 is 22.1 Å². The van der Waals surface area contributed by atoms with Crippen LogP contribution in [0.2, 0.25) is 0 Å². The average molecular weight is 453 g/mol. The molecule has 4 nitrogen and oxygen atoms in total. The maximum absolute atomic E-state index is 6.23. The summed E-state index contributed by atoms with van der Waals surface area (Å²) in [7, 11) is 2.14. The first kappa shape index (κ1) is 22.4. The van der Waals surface area contributed by atoms with E-state index in [2.05, 4.69) is 119 Å². The Kier molecular flexibility index (Phi) is 4.98.